The molecule has 3 aromatic rings. The lowest BCUT2D eigenvalue weighted by Gasteiger charge is -2.37. The van der Waals surface area contributed by atoms with E-state index < -0.39 is 5.60 Å². The first-order chi connectivity index (χ1) is 14.4. The lowest BCUT2D eigenvalue weighted by Crippen LogP contribution is -2.41. The van der Waals surface area contributed by atoms with Crippen LogP contribution >= 0.6 is 0 Å². The predicted molar refractivity (Wildman–Crippen MR) is 113 cm³/mol. The summed E-state index contributed by atoms with van der Waals surface area (Å²) >= 11 is 0. The Kier molecular flexibility index (Phi) is 3.48. The van der Waals surface area contributed by atoms with Crippen molar-refractivity contribution in [3.05, 3.63) is 59.5 Å². The van der Waals surface area contributed by atoms with E-state index in [2.05, 4.69) is 67.4 Å². The molecule has 30 heavy (non-hydrogen) atoms. The zero-order chi connectivity index (χ0) is 20.6. The molecule has 1 saturated carbocycles. The second-order valence-corrected chi connectivity index (χ2v) is 9.71. The molecule has 3 saturated heterocycles. The van der Waals surface area contributed by atoms with Gasteiger partial charge < -0.3 is 9.64 Å². The Morgan fingerprint density at radius 2 is 2.00 bits per heavy atom. The number of rotatable bonds is 3. The first-order valence-corrected chi connectivity index (χ1v) is 10.7. The van der Waals surface area contributed by atoms with E-state index in [4.69, 9.17) is 14.8 Å². The normalized spacial score (nSPS) is 32.4. The van der Waals surface area contributed by atoms with Gasteiger partial charge in [0, 0.05) is 31.3 Å². The minimum Gasteiger partial charge on any atom is -0.369 e. The molecule has 1 aromatic carbocycles. The van der Waals surface area contributed by atoms with Gasteiger partial charge in [0.05, 0.1) is 30.0 Å². The fraction of sp³-hybridized carbons (Fsp3) is 0.458. The Morgan fingerprint density at radius 3 is 2.73 bits per heavy atom. The summed E-state index contributed by atoms with van der Waals surface area (Å²) in [6.45, 7) is 6.96. The number of aryl methyl sites for hydroxylation is 1. The zero-order valence-electron chi connectivity index (χ0n) is 17.4. The van der Waals surface area contributed by atoms with Crippen molar-refractivity contribution in [1.29, 1.82) is 5.26 Å². The average molecular weight is 399 g/mol. The lowest BCUT2D eigenvalue weighted by molar-refractivity contribution is -0.0187. The number of nitriles is 1. The average Bonchev–Trinajstić information content (AvgIpc) is 3.49. The van der Waals surface area contributed by atoms with Gasteiger partial charge in [0.2, 0.25) is 0 Å². The maximum absolute atomic E-state index is 9.41. The van der Waals surface area contributed by atoms with Crippen molar-refractivity contribution in [2.45, 2.75) is 44.1 Å². The van der Waals surface area contributed by atoms with Crippen molar-refractivity contribution >= 4 is 11.3 Å². The van der Waals surface area contributed by atoms with E-state index in [1.807, 2.05) is 4.52 Å². The summed E-state index contributed by atoms with van der Waals surface area (Å²) in [6, 6.07) is 15.5. The van der Waals surface area contributed by atoms with Gasteiger partial charge in [-0.3, -0.25) is 0 Å². The van der Waals surface area contributed by atoms with Gasteiger partial charge in [-0.25, -0.2) is 9.50 Å². The number of hydrogen-bond acceptors (Lipinski definition) is 5. The highest BCUT2D eigenvalue weighted by molar-refractivity contribution is 5.58. The number of ether oxygens (including phenoxy) is 1. The number of fused-ring (bicyclic) bond motifs is 2. The second-order valence-electron chi connectivity index (χ2n) is 9.71. The van der Waals surface area contributed by atoms with Crippen molar-refractivity contribution in [3.63, 3.8) is 0 Å². The van der Waals surface area contributed by atoms with Crippen LogP contribution in [-0.2, 0) is 15.8 Å². The maximum atomic E-state index is 9.41. The predicted octanol–water partition coefficient (Wildman–Crippen LogP) is 3.74. The largest absolute Gasteiger partial charge is 0.369 e. The monoisotopic (exact) mass is 399 g/mol. The molecular weight excluding hydrogens is 374 g/mol. The molecule has 1 atom stereocenters. The van der Waals surface area contributed by atoms with Gasteiger partial charge in [-0.2, -0.15) is 5.26 Å². The highest BCUT2D eigenvalue weighted by atomic mass is 16.5. The van der Waals surface area contributed by atoms with Crippen LogP contribution in [0, 0.1) is 23.7 Å². The minimum atomic E-state index is -0.464. The van der Waals surface area contributed by atoms with Gasteiger partial charge in [0.1, 0.15) is 5.60 Å². The van der Waals surface area contributed by atoms with Crippen molar-refractivity contribution < 1.29 is 4.74 Å². The van der Waals surface area contributed by atoms with Crippen LogP contribution in [0.1, 0.15) is 43.1 Å². The first-order valence-electron chi connectivity index (χ1n) is 10.7. The molecule has 0 radical (unpaired) electrons. The fourth-order valence-electron chi connectivity index (χ4n) is 5.61. The molecule has 0 amide bonds. The fourth-order valence-corrected chi connectivity index (χ4v) is 5.61. The van der Waals surface area contributed by atoms with Gasteiger partial charge >= 0.3 is 0 Å². The summed E-state index contributed by atoms with van der Waals surface area (Å²) in [5.41, 5.74) is 3.93. The third-order valence-electron chi connectivity index (χ3n) is 7.43. The molecule has 2 bridgehead atoms. The Labute approximate surface area is 176 Å². The Morgan fingerprint density at radius 1 is 1.20 bits per heavy atom. The first kappa shape index (κ1) is 17.9. The summed E-state index contributed by atoms with van der Waals surface area (Å²) in [6.07, 6.45) is 4.64. The number of aromatic nitrogens is 3. The number of nitrogens with zero attached hydrogens (tertiary/aromatic N) is 5. The van der Waals surface area contributed by atoms with Crippen LogP contribution in [0.25, 0.3) is 5.65 Å². The van der Waals surface area contributed by atoms with E-state index in [1.54, 1.807) is 0 Å². The quantitative estimate of drug-likeness (QED) is 0.671. The smallest absolute Gasteiger partial charge is 0.183 e. The van der Waals surface area contributed by atoms with Crippen molar-refractivity contribution in [2.75, 3.05) is 24.6 Å². The SMILES string of the molecule is Cc1cc(N2CC[C@](C)(c3ccccc3)C2)cn2nc(C34CC(C#N)(CO3)C4)nc12. The highest BCUT2D eigenvalue weighted by Gasteiger charge is 2.66. The molecule has 7 rings (SSSR count). The van der Waals surface area contributed by atoms with Crippen molar-refractivity contribution in [1.82, 2.24) is 14.6 Å². The standard InChI is InChI=1S/C24H25N5O/c1-17-10-19(28-9-8-22(2,15-28)18-6-4-3-5-7-18)11-29-20(17)26-21(27-29)24-12-23(13-24,14-25)16-30-24/h3-7,10-11H,8-9,12-13,15-16H2,1-2H3/t22-,23?,24?/m0/s1. The summed E-state index contributed by atoms with van der Waals surface area (Å²) in [5, 5.41) is 14.2. The molecule has 6 nitrogen and oxygen atoms in total. The van der Waals surface area contributed by atoms with E-state index >= 15 is 0 Å². The van der Waals surface area contributed by atoms with Gasteiger partial charge in [-0.05, 0) is 30.5 Å². The Hall–Kier alpha value is -2.91. The second kappa shape index (κ2) is 5.83. The zero-order valence-corrected chi connectivity index (χ0v) is 17.4. The Balaban J connectivity index is 1.31. The molecule has 1 aliphatic carbocycles. The van der Waals surface area contributed by atoms with Crippen LogP contribution in [0.4, 0.5) is 5.69 Å². The Bertz CT molecular complexity index is 1190. The molecule has 3 aliphatic heterocycles. The van der Waals surface area contributed by atoms with E-state index in [9.17, 15) is 5.26 Å². The maximum Gasteiger partial charge on any atom is 0.183 e. The van der Waals surface area contributed by atoms with Crippen LogP contribution in [0.5, 0.6) is 0 Å². The summed E-state index contributed by atoms with van der Waals surface area (Å²) < 4.78 is 7.90. The topological polar surface area (TPSA) is 66.5 Å². The van der Waals surface area contributed by atoms with E-state index in [1.165, 1.54) is 11.3 Å². The van der Waals surface area contributed by atoms with Crippen LogP contribution in [0.2, 0.25) is 0 Å². The number of pyridine rings is 1. The molecule has 152 valence electrons. The van der Waals surface area contributed by atoms with Gasteiger partial charge in [-0.1, -0.05) is 37.3 Å². The van der Waals surface area contributed by atoms with Crippen LogP contribution in [-0.4, -0.2) is 34.3 Å². The third-order valence-corrected chi connectivity index (χ3v) is 7.43. The van der Waals surface area contributed by atoms with Crippen LogP contribution in [0.3, 0.4) is 0 Å². The van der Waals surface area contributed by atoms with E-state index in [0.29, 0.717) is 19.4 Å². The van der Waals surface area contributed by atoms with E-state index in [0.717, 1.165) is 36.5 Å². The van der Waals surface area contributed by atoms with Crippen molar-refractivity contribution in [3.8, 4) is 6.07 Å². The summed E-state index contributed by atoms with van der Waals surface area (Å²) in [7, 11) is 0. The molecule has 5 heterocycles. The molecular formula is C24H25N5O. The molecule has 4 fully saturated rings. The molecule has 0 N–H and O–H groups in total. The lowest BCUT2D eigenvalue weighted by atomic mass is 9.63. The molecule has 4 aliphatic rings. The van der Waals surface area contributed by atoms with Crippen LogP contribution in [0.15, 0.2) is 42.6 Å². The van der Waals surface area contributed by atoms with Crippen molar-refractivity contribution in [2.24, 2.45) is 5.41 Å². The third kappa shape index (κ3) is 2.39. The number of benzene rings is 1. The number of hydrogen-bond donors (Lipinski definition) is 0. The molecule has 0 unspecified atom stereocenters. The van der Waals surface area contributed by atoms with Gasteiger partial charge in [-0.15, -0.1) is 5.10 Å². The highest BCUT2D eigenvalue weighted by Crippen LogP contribution is 2.62. The summed E-state index contributed by atoms with van der Waals surface area (Å²) in [5.74, 6) is 0.724. The molecule has 0 spiro atoms. The van der Waals surface area contributed by atoms with Gasteiger partial charge in [0.25, 0.3) is 0 Å². The molecule has 6 heteroatoms. The van der Waals surface area contributed by atoms with Crippen LogP contribution < -0.4 is 4.90 Å². The van der Waals surface area contributed by atoms with E-state index in [-0.39, 0.29) is 10.8 Å². The number of anilines is 1. The molecule has 2 aromatic heterocycles. The van der Waals surface area contributed by atoms with Gasteiger partial charge in [0.15, 0.2) is 11.5 Å². The minimum absolute atomic E-state index is 0.154. The summed E-state index contributed by atoms with van der Waals surface area (Å²) in [4.78, 5) is 7.27.